The van der Waals surface area contributed by atoms with E-state index < -0.39 is 17.8 Å². The van der Waals surface area contributed by atoms with Crippen LogP contribution in [-0.2, 0) is 12.7 Å². The van der Waals surface area contributed by atoms with Gasteiger partial charge in [-0.25, -0.2) is 0 Å². The van der Waals surface area contributed by atoms with Crippen LogP contribution >= 0.6 is 0 Å². The van der Waals surface area contributed by atoms with E-state index in [4.69, 9.17) is 0 Å². The normalized spacial score (nSPS) is 27.2. The molecule has 3 aromatic rings. The van der Waals surface area contributed by atoms with Crippen LogP contribution in [0.5, 0.6) is 0 Å². The van der Waals surface area contributed by atoms with Crippen molar-refractivity contribution in [1.82, 2.24) is 4.98 Å². The molecule has 3 aliphatic rings. The Hall–Kier alpha value is -2.22. The third kappa shape index (κ3) is 4.41. The summed E-state index contributed by atoms with van der Waals surface area (Å²) in [6, 6.07) is 15.2. The van der Waals surface area contributed by atoms with Gasteiger partial charge in [0.2, 0.25) is 0 Å². The van der Waals surface area contributed by atoms with Crippen molar-refractivity contribution in [3.8, 4) is 0 Å². The van der Waals surface area contributed by atoms with Gasteiger partial charge in [0.05, 0.1) is 24.2 Å². The van der Waals surface area contributed by atoms with Crippen molar-refractivity contribution < 1.29 is 39.7 Å². The van der Waals surface area contributed by atoms with Crippen molar-refractivity contribution in [3.05, 3.63) is 90.1 Å². The van der Waals surface area contributed by atoms with Crippen LogP contribution in [0.1, 0.15) is 35.6 Å². The van der Waals surface area contributed by atoms with Gasteiger partial charge in [0.15, 0.2) is 0 Å². The average Bonchev–Trinajstić information content (AvgIpc) is 2.83. The number of piperidine rings is 3. The van der Waals surface area contributed by atoms with Gasteiger partial charge < -0.3 is 26.6 Å². The summed E-state index contributed by atoms with van der Waals surface area (Å²) < 4.78 is 39.8. The number of quaternary nitrogens is 1. The van der Waals surface area contributed by atoms with Crippen LogP contribution in [0.2, 0.25) is 0 Å². The lowest BCUT2D eigenvalue weighted by Gasteiger charge is -2.58. The number of aliphatic hydroxyl groups excluding tert-OH is 1. The molecular weight excluding hydrogens is 505 g/mol. The maximum atomic E-state index is 13.1. The second kappa shape index (κ2) is 9.44. The Morgan fingerprint density at radius 3 is 2.56 bits per heavy atom. The molecule has 0 radical (unpaired) electrons. The lowest BCUT2D eigenvalue weighted by molar-refractivity contribution is -0.984. The van der Waals surface area contributed by atoms with E-state index in [1.807, 2.05) is 36.4 Å². The summed E-state index contributed by atoms with van der Waals surface area (Å²) in [6.07, 6.45) is 0.648. The molecule has 3 nitrogen and oxygen atoms in total. The minimum atomic E-state index is -4.34. The highest BCUT2D eigenvalue weighted by molar-refractivity contribution is 5.82. The third-order valence-corrected chi connectivity index (χ3v) is 7.82. The molecule has 0 saturated carbocycles. The lowest BCUT2D eigenvalue weighted by atomic mass is 9.71. The molecular formula is C27H28BrF3N2O. The zero-order chi connectivity index (χ0) is 23.2. The number of nitrogens with zero attached hydrogens (tertiary/aromatic N) is 2. The van der Waals surface area contributed by atoms with Gasteiger partial charge in [0.25, 0.3) is 0 Å². The molecule has 0 amide bonds. The van der Waals surface area contributed by atoms with E-state index in [9.17, 15) is 18.3 Å². The summed E-state index contributed by atoms with van der Waals surface area (Å²) in [4.78, 5) is 4.43. The van der Waals surface area contributed by atoms with Gasteiger partial charge in [-0.15, -0.1) is 6.58 Å². The molecule has 2 bridgehead atoms. The van der Waals surface area contributed by atoms with Crippen LogP contribution in [-0.4, -0.2) is 33.7 Å². The van der Waals surface area contributed by atoms with Crippen LogP contribution in [0.15, 0.2) is 73.4 Å². The number of hydrogen-bond acceptors (Lipinski definition) is 2. The van der Waals surface area contributed by atoms with Crippen LogP contribution in [0, 0.1) is 11.8 Å². The molecule has 3 saturated heterocycles. The number of halogens is 4. The Bertz CT molecular complexity index is 1160. The molecule has 1 aromatic heterocycles. The van der Waals surface area contributed by atoms with E-state index in [0.29, 0.717) is 22.9 Å². The van der Waals surface area contributed by atoms with E-state index in [2.05, 4.69) is 11.6 Å². The smallest absolute Gasteiger partial charge is 0.416 e. The van der Waals surface area contributed by atoms with Crippen molar-refractivity contribution in [2.45, 2.75) is 37.7 Å². The van der Waals surface area contributed by atoms with Gasteiger partial charge in [-0.1, -0.05) is 36.4 Å². The maximum absolute atomic E-state index is 13.1. The van der Waals surface area contributed by atoms with Crippen LogP contribution in [0.3, 0.4) is 0 Å². The highest BCUT2D eigenvalue weighted by Gasteiger charge is 2.54. The first-order valence-corrected chi connectivity index (χ1v) is 11.5. The second-order valence-electron chi connectivity index (χ2n) is 9.59. The molecule has 0 spiro atoms. The Labute approximate surface area is 208 Å². The topological polar surface area (TPSA) is 33.1 Å². The minimum absolute atomic E-state index is 0. The van der Waals surface area contributed by atoms with Crippen molar-refractivity contribution in [3.63, 3.8) is 0 Å². The Kier molecular flexibility index (Phi) is 6.91. The van der Waals surface area contributed by atoms with Crippen molar-refractivity contribution >= 4 is 10.9 Å². The zero-order valence-corrected chi connectivity index (χ0v) is 20.3. The van der Waals surface area contributed by atoms with E-state index in [1.54, 1.807) is 18.3 Å². The minimum Gasteiger partial charge on any atom is -1.00 e. The molecule has 4 heterocycles. The molecule has 2 aromatic carbocycles. The summed E-state index contributed by atoms with van der Waals surface area (Å²) in [7, 11) is 0. The van der Waals surface area contributed by atoms with E-state index >= 15 is 0 Å². The molecule has 1 unspecified atom stereocenters. The first-order chi connectivity index (χ1) is 15.8. The number of benzene rings is 2. The van der Waals surface area contributed by atoms with Crippen LogP contribution in [0.25, 0.3) is 10.9 Å². The van der Waals surface area contributed by atoms with Crippen molar-refractivity contribution in [2.75, 3.05) is 13.1 Å². The van der Waals surface area contributed by atoms with Crippen LogP contribution < -0.4 is 17.0 Å². The molecule has 180 valence electrons. The fourth-order valence-electron chi connectivity index (χ4n) is 6.13. The molecule has 5 atom stereocenters. The molecule has 1 N–H and O–H groups in total. The average molecular weight is 533 g/mol. The Morgan fingerprint density at radius 2 is 1.85 bits per heavy atom. The number of pyridine rings is 1. The first kappa shape index (κ1) is 24.9. The lowest BCUT2D eigenvalue weighted by Crippen LogP contribution is -3.00. The number of alkyl halides is 3. The predicted octanol–water partition coefficient (Wildman–Crippen LogP) is 2.90. The van der Waals surface area contributed by atoms with E-state index in [1.165, 1.54) is 0 Å². The number of aromatic nitrogens is 1. The Balaban J connectivity index is 0.00000274. The van der Waals surface area contributed by atoms with Gasteiger partial charge in [-0.05, 0) is 35.7 Å². The van der Waals surface area contributed by atoms with Crippen molar-refractivity contribution in [1.29, 1.82) is 0 Å². The molecule has 7 heteroatoms. The number of para-hydroxylation sites is 1. The third-order valence-electron chi connectivity index (χ3n) is 7.82. The number of rotatable bonds is 5. The molecule has 6 rings (SSSR count). The van der Waals surface area contributed by atoms with Gasteiger partial charge in [-0.3, -0.25) is 4.98 Å². The first-order valence-electron chi connectivity index (χ1n) is 11.5. The molecule has 34 heavy (non-hydrogen) atoms. The standard InChI is InChI=1S/C27H28F3N2O.BrH/c1-2-19-17-32(16-18-7-9-21(10-8-18)27(28,29)30)14-12-20(19)15-25(32)26(33)23-11-13-31-24-6-4-3-5-22(23)24;/h2-11,13,19-20,25-26,33H,1,12,14-17H2;1H/q+1;/p-1/t19-,20+,25+,26+,32?;/m1./s1. The largest absolute Gasteiger partial charge is 1.00 e. The van der Waals surface area contributed by atoms with Gasteiger partial charge in [0.1, 0.15) is 18.7 Å². The van der Waals surface area contributed by atoms with E-state index in [-0.39, 0.29) is 23.0 Å². The van der Waals surface area contributed by atoms with Gasteiger partial charge >= 0.3 is 6.18 Å². The fraction of sp³-hybridized carbons (Fsp3) is 0.370. The molecule has 3 aliphatic heterocycles. The quantitative estimate of drug-likeness (QED) is 0.405. The van der Waals surface area contributed by atoms with Crippen molar-refractivity contribution in [2.24, 2.45) is 11.8 Å². The maximum Gasteiger partial charge on any atom is 0.416 e. The summed E-state index contributed by atoms with van der Waals surface area (Å²) in [5, 5.41) is 12.6. The van der Waals surface area contributed by atoms with Crippen LogP contribution in [0.4, 0.5) is 13.2 Å². The zero-order valence-electron chi connectivity index (χ0n) is 18.8. The number of fused-ring (bicyclic) bond motifs is 4. The summed E-state index contributed by atoms with van der Waals surface area (Å²) >= 11 is 0. The summed E-state index contributed by atoms with van der Waals surface area (Å²) in [6.45, 7) is 6.39. The second-order valence-corrected chi connectivity index (χ2v) is 9.59. The monoisotopic (exact) mass is 532 g/mol. The molecule has 3 fully saturated rings. The SMILES string of the molecule is C=C[C@@H]1C[N+]2(Cc3ccc(C(F)(F)F)cc3)CC[C@H]1C[C@H]2[C@@H](O)c1ccnc2ccccc12.[Br-]. The summed E-state index contributed by atoms with van der Waals surface area (Å²) in [5.41, 5.74) is 1.96. The summed E-state index contributed by atoms with van der Waals surface area (Å²) in [5.74, 6) is 0.827. The predicted molar refractivity (Wildman–Crippen MR) is 122 cm³/mol. The highest BCUT2D eigenvalue weighted by atomic mass is 79.9. The highest BCUT2D eigenvalue weighted by Crippen LogP contribution is 2.48. The number of hydrogen-bond donors (Lipinski definition) is 1. The Morgan fingerprint density at radius 1 is 1.12 bits per heavy atom. The molecule has 0 aliphatic carbocycles. The number of aliphatic hydroxyl groups is 1. The van der Waals surface area contributed by atoms with Gasteiger partial charge in [0, 0.05) is 35.9 Å². The van der Waals surface area contributed by atoms with E-state index in [0.717, 1.165) is 60.1 Å². The fourth-order valence-corrected chi connectivity index (χ4v) is 6.13. The van der Waals surface area contributed by atoms with Gasteiger partial charge in [-0.2, -0.15) is 13.2 Å².